The monoisotopic (exact) mass is 273 g/mol. The molecule has 1 amide bonds. The molecule has 0 atom stereocenters. The van der Waals surface area contributed by atoms with E-state index < -0.39 is 0 Å². The third-order valence-electron chi connectivity index (χ3n) is 3.54. The van der Waals surface area contributed by atoms with Crippen LogP contribution in [-0.2, 0) is 4.79 Å². The maximum absolute atomic E-state index is 12.3. The van der Waals surface area contributed by atoms with Gasteiger partial charge in [-0.3, -0.25) is 4.79 Å². The Balaban J connectivity index is 2.15. The van der Waals surface area contributed by atoms with Gasteiger partial charge in [0, 0.05) is 23.7 Å². The molecule has 0 spiro atoms. The molecule has 0 aromatic heterocycles. The van der Waals surface area contributed by atoms with Crippen LogP contribution in [0.25, 0.3) is 6.08 Å². The number of hydrogen-bond acceptors (Lipinski definition) is 2. The van der Waals surface area contributed by atoms with Gasteiger partial charge in [0.15, 0.2) is 0 Å². The number of rotatable bonds is 5. The highest BCUT2D eigenvalue weighted by molar-refractivity contribution is 5.92. The summed E-state index contributed by atoms with van der Waals surface area (Å²) >= 11 is 0. The van der Waals surface area contributed by atoms with Crippen LogP contribution < -0.4 is 4.74 Å². The summed E-state index contributed by atoms with van der Waals surface area (Å²) in [5, 5.41) is 0. The van der Waals surface area contributed by atoms with Crippen molar-refractivity contribution < 1.29 is 9.53 Å². The second kappa shape index (κ2) is 6.12. The van der Waals surface area contributed by atoms with Crippen LogP contribution in [0, 0.1) is 6.92 Å². The normalized spacial score (nSPS) is 14.8. The predicted molar refractivity (Wildman–Crippen MR) is 81.8 cm³/mol. The lowest BCUT2D eigenvalue weighted by molar-refractivity contribution is -0.128. The van der Waals surface area contributed by atoms with E-state index in [-0.39, 0.29) is 11.9 Å². The van der Waals surface area contributed by atoms with Crippen LogP contribution in [0.3, 0.4) is 0 Å². The third kappa shape index (κ3) is 3.41. The maximum Gasteiger partial charge on any atom is 0.247 e. The summed E-state index contributed by atoms with van der Waals surface area (Å²) in [6.45, 7) is 6.16. The quantitative estimate of drug-likeness (QED) is 0.769. The van der Waals surface area contributed by atoms with Crippen LogP contribution in [0.15, 0.2) is 24.3 Å². The van der Waals surface area contributed by atoms with Crippen molar-refractivity contribution >= 4 is 12.0 Å². The molecule has 0 heterocycles. The van der Waals surface area contributed by atoms with E-state index in [1.165, 1.54) is 0 Å². The molecular formula is C17H23NO2. The van der Waals surface area contributed by atoms with Crippen LogP contribution in [0.1, 0.15) is 37.8 Å². The summed E-state index contributed by atoms with van der Waals surface area (Å²) in [6.07, 6.45) is 5.78. The summed E-state index contributed by atoms with van der Waals surface area (Å²) in [4.78, 5) is 14.3. The van der Waals surface area contributed by atoms with Gasteiger partial charge in [0.25, 0.3) is 0 Å². The van der Waals surface area contributed by atoms with Crippen molar-refractivity contribution in [2.45, 2.75) is 45.7 Å². The second-order valence-electron chi connectivity index (χ2n) is 5.65. The van der Waals surface area contributed by atoms with Crippen LogP contribution in [0.2, 0.25) is 0 Å². The molecule has 0 saturated heterocycles. The smallest absolute Gasteiger partial charge is 0.247 e. The summed E-state index contributed by atoms with van der Waals surface area (Å²) < 4.78 is 5.32. The molecule has 0 bridgehead atoms. The number of ether oxygens (including phenoxy) is 1. The average Bonchev–Trinajstić information content (AvgIpc) is 3.21. The van der Waals surface area contributed by atoms with Crippen molar-refractivity contribution in [2.24, 2.45) is 0 Å². The molecular weight excluding hydrogens is 250 g/mol. The lowest BCUT2D eigenvalue weighted by atomic mass is 10.1. The molecule has 1 aromatic carbocycles. The standard InChI is InChI=1S/C17H23NO2/c1-12(2)18(15-7-8-15)17(19)10-6-14-11-13(3)5-9-16(14)20-4/h5-6,9-12,15H,7-8H2,1-4H3/b10-6+. The Morgan fingerprint density at radius 1 is 1.40 bits per heavy atom. The summed E-state index contributed by atoms with van der Waals surface area (Å²) in [5.74, 6) is 0.883. The van der Waals surface area contributed by atoms with E-state index in [0.29, 0.717) is 6.04 Å². The van der Waals surface area contributed by atoms with Gasteiger partial charge in [0.1, 0.15) is 5.75 Å². The van der Waals surface area contributed by atoms with Crippen molar-refractivity contribution in [3.05, 3.63) is 35.4 Å². The molecule has 1 aliphatic rings. The molecule has 1 saturated carbocycles. The Kier molecular flexibility index (Phi) is 4.48. The van der Waals surface area contributed by atoms with Crippen molar-refractivity contribution in [3.8, 4) is 5.75 Å². The van der Waals surface area contributed by atoms with Crippen molar-refractivity contribution in [1.82, 2.24) is 4.90 Å². The van der Waals surface area contributed by atoms with Gasteiger partial charge in [-0.1, -0.05) is 11.6 Å². The molecule has 0 unspecified atom stereocenters. The third-order valence-corrected chi connectivity index (χ3v) is 3.54. The van der Waals surface area contributed by atoms with Gasteiger partial charge in [0.2, 0.25) is 5.91 Å². The van der Waals surface area contributed by atoms with E-state index in [2.05, 4.69) is 13.8 Å². The number of nitrogens with zero attached hydrogens (tertiary/aromatic N) is 1. The van der Waals surface area contributed by atoms with Crippen LogP contribution in [-0.4, -0.2) is 30.0 Å². The molecule has 2 rings (SSSR count). The fraction of sp³-hybridized carbons (Fsp3) is 0.471. The first-order chi connectivity index (χ1) is 9.52. The van der Waals surface area contributed by atoms with Crippen LogP contribution in [0.5, 0.6) is 5.75 Å². The average molecular weight is 273 g/mol. The van der Waals surface area contributed by atoms with Gasteiger partial charge in [-0.05, 0) is 51.8 Å². The lowest BCUT2D eigenvalue weighted by Gasteiger charge is -2.25. The van der Waals surface area contributed by atoms with Gasteiger partial charge in [-0.25, -0.2) is 0 Å². The summed E-state index contributed by atoms with van der Waals surface area (Å²) in [7, 11) is 1.65. The SMILES string of the molecule is COc1ccc(C)cc1/C=C/C(=O)N(C(C)C)C1CC1. The summed E-state index contributed by atoms with van der Waals surface area (Å²) in [5.41, 5.74) is 2.10. The Morgan fingerprint density at radius 2 is 2.10 bits per heavy atom. The minimum absolute atomic E-state index is 0.0889. The Morgan fingerprint density at radius 3 is 2.65 bits per heavy atom. The molecule has 108 valence electrons. The highest BCUT2D eigenvalue weighted by Gasteiger charge is 2.33. The van der Waals surface area contributed by atoms with Crippen LogP contribution >= 0.6 is 0 Å². The van der Waals surface area contributed by atoms with Crippen LogP contribution in [0.4, 0.5) is 0 Å². The number of benzene rings is 1. The first-order valence-corrected chi connectivity index (χ1v) is 7.18. The number of methoxy groups -OCH3 is 1. The minimum atomic E-state index is 0.0889. The van der Waals surface area contributed by atoms with Gasteiger partial charge >= 0.3 is 0 Å². The number of hydrogen-bond donors (Lipinski definition) is 0. The van der Waals surface area contributed by atoms with E-state index in [0.717, 1.165) is 29.7 Å². The van der Waals surface area contributed by atoms with Gasteiger partial charge in [-0.2, -0.15) is 0 Å². The maximum atomic E-state index is 12.3. The van der Waals surface area contributed by atoms with E-state index in [4.69, 9.17) is 4.74 Å². The lowest BCUT2D eigenvalue weighted by Crippen LogP contribution is -2.37. The van der Waals surface area contributed by atoms with E-state index in [9.17, 15) is 4.79 Å². The Hall–Kier alpha value is -1.77. The topological polar surface area (TPSA) is 29.5 Å². The number of aryl methyl sites for hydroxylation is 1. The molecule has 0 aliphatic heterocycles. The highest BCUT2D eigenvalue weighted by Crippen LogP contribution is 2.29. The second-order valence-corrected chi connectivity index (χ2v) is 5.65. The zero-order valence-electron chi connectivity index (χ0n) is 12.7. The molecule has 0 N–H and O–H groups in total. The number of carbonyl (C=O) groups excluding carboxylic acids is 1. The number of amides is 1. The fourth-order valence-corrected chi connectivity index (χ4v) is 2.44. The highest BCUT2D eigenvalue weighted by atomic mass is 16.5. The Labute approximate surface area is 121 Å². The Bertz CT molecular complexity index is 514. The van der Waals surface area contributed by atoms with Gasteiger partial charge < -0.3 is 9.64 Å². The minimum Gasteiger partial charge on any atom is -0.496 e. The molecule has 20 heavy (non-hydrogen) atoms. The van der Waals surface area contributed by atoms with Crippen molar-refractivity contribution in [3.63, 3.8) is 0 Å². The molecule has 3 nitrogen and oxygen atoms in total. The first-order valence-electron chi connectivity index (χ1n) is 7.18. The van der Waals surface area contributed by atoms with Crippen molar-refractivity contribution in [1.29, 1.82) is 0 Å². The van der Waals surface area contributed by atoms with Gasteiger partial charge in [0.05, 0.1) is 7.11 Å². The largest absolute Gasteiger partial charge is 0.496 e. The molecule has 3 heteroatoms. The number of carbonyl (C=O) groups is 1. The van der Waals surface area contributed by atoms with Crippen molar-refractivity contribution in [2.75, 3.05) is 7.11 Å². The first kappa shape index (κ1) is 14.6. The fourth-order valence-electron chi connectivity index (χ4n) is 2.44. The van der Waals surface area contributed by atoms with E-state index >= 15 is 0 Å². The molecule has 1 aromatic rings. The zero-order chi connectivity index (χ0) is 14.7. The summed E-state index contributed by atoms with van der Waals surface area (Å²) in [6, 6.07) is 6.65. The zero-order valence-corrected chi connectivity index (χ0v) is 12.7. The van der Waals surface area contributed by atoms with Gasteiger partial charge in [-0.15, -0.1) is 0 Å². The predicted octanol–water partition coefficient (Wildman–Crippen LogP) is 3.42. The molecule has 1 aliphatic carbocycles. The van der Waals surface area contributed by atoms with E-state index in [1.54, 1.807) is 13.2 Å². The molecule has 0 radical (unpaired) electrons. The van der Waals surface area contributed by atoms with E-state index in [1.807, 2.05) is 36.1 Å². The molecule has 1 fully saturated rings.